The molecule has 0 atom stereocenters. The summed E-state index contributed by atoms with van der Waals surface area (Å²) in [5, 5.41) is 11.6. The Labute approximate surface area is 84.6 Å². The SMILES string of the molecule is CCCn1cncc1CNCCC#N. The van der Waals surface area contributed by atoms with Crippen LogP contribution in [0.25, 0.3) is 0 Å². The highest BCUT2D eigenvalue weighted by Gasteiger charge is 1.99. The Hall–Kier alpha value is -1.34. The number of nitrogens with zero attached hydrogens (tertiary/aromatic N) is 3. The lowest BCUT2D eigenvalue weighted by atomic mass is 10.4. The third kappa shape index (κ3) is 3.19. The van der Waals surface area contributed by atoms with Crippen molar-refractivity contribution in [1.29, 1.82) is 5.26 Å². The molecule has 1 N–H and O–H groups in total. The maximum absolute atomic E-state index is 8.35. The lowest BCUT2D eigenvalue weighted by Crippen LogP contribution is -2.16. The van der Waals surface area contributed by atoms with Crippen LogP contribution in [0.5, 0.6) is 0 Å². The fourth-order valence-electron chi connectivity index (χ4n) is 1.30. The molecular formula is C10H16N4. The van der Waals surface area contributed by atoms with Gasteiger partial charge in [0.25, 0.3) is 0 Å². The van der Waals surface area contributed by atoms with E-state index in [1.807, 2.05) is 12.5 Å². The molecule has 4 nitrogen and oxygen atoms in total. The molecule has 0 saturated carbocycles. The van der Waals surface area contributed by atoms with Gasteiger partial charge in [-0.25, -0.2) is 4.98 Å². The number of nitrogens with one attached hydrogen (secondary N) is 1. The van der Waals surface area contributed by atoms with Crippen LogP contribution < -0.4 is 5.32 Å². The number of rotatable bonds is 6. The Balaban J connectivity index is 2.34. The molecule has 0 aliphatic rings. The summed E-state index contributed by atoms with van der Waals surface area (Å²) in [6.07, 6.45) is 5.39. The summed E-state index contributed by atoms with van der Waals surface area (Å²) in [5.41, 5.74) is 1.18. The second-order valence-corrected chi connectivity index (χ2v) is 3.16. The Morgan fingerprint density at radius 1 is 1.64 bits per heavy atom. The van der Waals surface area contributed by atoms with Gasteiger partial charge in [0.1, 0.15) is 0 Å². The monoisotopic (exact) mass is 192 g/mol. The smallest absolute Gasteiger partial charge is 0.0948 e. The van der Waals surface area contributed by atoms with Gasteiger partial charge in [0, 0.05) is 32.3 Å². The van der Waals surface area contributed by atoms with Gasteiger partial charge in [0.2, 0.25) is 0 Å². The standard InChI is InChI=1S/C10H16N4/c1-2-6-14-9-13-8-10(14)7-12-5-3-4-11/h8-9,12H,2-3,5-7H2,1H3. The van der Waals surface area contributed by atoms with Crippen molar-refractivity contribution in [2.24, 2.45) is 0 Å². The zero-order valence-electron chi connectivity index (χ0n) is 8.53. The average molecular weight is 192 g/mol. The molecule has 0 aromatic carbocycles. The number of imidazole rings is 1. The van der Waals surface area contributed by atoms with Crippen LogP contribution in [0.4, 0.5) is 0 Å². The molecule has 0 aliphatic heterocycles. The fourth-order valence-corrected chi connectivity index (χ4v) is 1.30. The van der Waals surface area contributed by atoms with Crippen LogP contribution in [0.3, 0.4) is 0 Å². The minimum atomic E-state index is 0.557. The van der Waals surface area contributed by atoms with Crippen molar-refractivity contribution in [3.63, 3.8) is 0 Å². The number of hydrogen-bond acceptors (Lipinski definition) is 3. The molecule has 0 radical (unpaired) electrons. The Morgan fingerprint density at radius 3 is 3.21 bits per heavy atom. The first kappa shape index (κ1) is 10.7. The van der Waals surface area contributed by atoms with E-state index in [1.165, 1.54) is 5.69 Å². The summed E-state index contributed by atoms with van der Waals surface area (Å²) in [5.74, 6) is 0. The second-order valence-electron chi connectivity index (χ2n) is 3.16. The third-order valence-corrected chi connectivity index (χ3v) is 1.98. The Kier molecular flexibility index (Phi) is 4.73. The highest BCUT2D eigenvalue weighted by Crippen LogP contribution is 1.99. The van der Waals surface area contributed by atoms with Gasteiger partial charge in [-0.15, -0.1) is 0 Å². The van der Waals surface area contributed by atoms with Crippen LogP contribution in [0, 0.1) is 11.3 Å². The maximum atomic E-state index is 8.35. The van der Waals surface area contributed by atoms with Crippen molar-refractivity contribution >= 4 is 0 Å². The van der Waals surface area contributed by atoms with Crippen LogP contribution in [0.2, 0.25) is 0 Å². The van der Waals surface area contributed by atoms with Crippen LogP contribution in [-0.2, 0) is 13.1 Å². The first-order valence-electron chi connectivity index (χ1n) is 4.95. The number of aromatic nitrogens is 2. The molecule has 0 aliphatic carbocycles. The van der Waals surface area contributed by atoms with E-state index in [2.05, 4.69) is 27.9 Å². The van der Waals surface area contributed by atoms with Crippen LogP contribution in [-0.4, -0.2) is 16.1 Å². The molecular weight excluding hydrogens is 176 g/mol. The highest BCUT2D eigenvalue weighted by molar-refractivity contribution is 4.97. The molecule has 14 heavy (non-hydrogen) atoms. The van der Waals surface area contributed by atoms with E-state index in [-0.39, 0.29) is 0 Å². The van der Waals surface area contributed by atoms with E-state index in [0.717, 1.165) is 26.1 Å². The summed E-state index contributed by atoms with van der Waals surface area (Å²) in [4.78, 5) is 4.10. The van der Waals surface area contributed by atoms with Gasteiger partial charge in [-0.05, 0) is 6.42 Å². The molecule has 4 heteroatoms. The minimum Gasteiger partial charge on any atom is -0.333 e. The van der Waals surface area contributed by atoms with E-state index in [0.29, 0.717) is 6.42 Å². The molecule has 1 aromatic rings. The zero-order valence-corrected chi connectivity index (χ0v) is 8.53. The summed E-state index contributed by atoms with van der Waals surface area (Å²) in [7, 11) is 0. The largest absolute Gasteiger partial charge is 0.333 e. The van der Waals surface area contributed by atoms with Gasteiger partial charge in [-0.3, -0.25) is 0 Å². The fraction of sp³-hybridized carbons (Fsp3) is 0.600. The minimum absolute atomic E-state index is 0.557. The van der Waals surface area contributed by atoms with E-state index in [9.17, 15) is 0 Å². The lowest BCUT2D eigenvalue weighted by Gasteiger charge is -2.06. The van der Waals surface area contributed by atoms with Crippen molar-refractivity contribution in [2.75, 3.05) is 6.54 Å². The van der Waals surface area contributed by atoms with Gasteiger partial charge in [-0.1, -0.05) is 6.92 Å². The number of nitriles is 1. The molecule has 1 aromatic heterocycles. The van der Waals surface area contributed by atoms with Gasteiger partial charge in [0.15, 0.2) is 0 Å². The zero-order chi connectivity index (χ0) is 10.2. The summed E-state index contributed by atoms with van der Waals surface area (Å²) in [6.45, 7) is 4.69. The van der Waals surface area contributed by atoms with E-state index in [4.69, 9.17) is 5.26 Å². The molecule has 0 bridgehead atoms. The predicted molar refractivity (Wildman–Crippen MR) is 54.5 cm³/mol. The Morgan fingerprint density at radius 2 is 2.50 bits per heavy atom. The van der Waals surface area contributed by atoms with Gasteiger partial charge in [0.05, 0.1) is 18.1 Å². The van der Waals surface area contributed by atoms with Gasteiger partial charge >= 0.3 is 0 Å². The molecule has 0 spiro atoms. The van der Waals surface area contributed by atoms with Crippen LogP contribution >= 0.6 is 0 Å². The highest BCUT2D eigenvalue weighted by atomic mass is 15.1. The first-order chi connectivity index (χ1) is 6.88. The number of aryl methyl sites for hydroxylation is 1. The molecule has 0 fully saturated rings. The number of hydrogen-bond donors (Lipinski definition) is 1. The molecule has 1 rings (SSSR count). The summed E-state index contributed by atoms with van der Waals surface area (Å²) >= 11 is 0. The summed E-state index contributed by atoms with van der Waals surface area (Å²) in [6, 6.07) is 2.10. The van der Waals surface area contributed by atoms with Crippen molar-refractivity contribution < 1.29 is 0 Å². The molecule has 76 valence electrons. The molecule has 1 heterocycles. The van der Waals surface area contributed by atoms with Crippen molar-refractivity contribution in [1.82, 2.24) is 14.9 Å². The Bertz CT molecular complexity index is 297. The van der Waals surface area contributed by atoms with Crippen molar-refractivity contribution in [3.8, 4) is 6.07 Å². The molecule has 0 unspecified atom stereocenters. The summed E-state index contributed by atoms with van der Waals surface area (Å²) < 4.78 is 2.14. The van der Waals surface area contributed by atoms with E-state index < -0.39 is 0 Å². The van der Waals surface area contributed by atoms with Crippen LogP contribution in [0.1, 0.15) is 25.5 Å². The third-order valence-electron chi connectivity index (χ3n) is 1.98. The van der Waals surface area contributed by atoms with E-state index >= 15 is 0 Å². The molecule has 0 saturated heterocycles. The molecule has 0 amide bonds. The van der Waals surface area contributed by atoms with Crippen LogP contribution in [0.15, 0.2) is 12.5 Å². The predicted octanol–water partition coefficient (Wildman–Crippen LogP) is 1.30. The second kappa shape index (κ2) is 6.17. The van der Waals surface area contributed by atoms with Crippen molar-refractivity contribution in [2.45, 2.75) is 32.9 Å². The van der Waals surface area contributed by atoms with Gasteiger partial charge < -0.3 is 9.88 Å². The topological polar surface area (TPSA) is 53.6 Å². The lowest BCUT2D eigenvalue weighted by molar-refractivity contribution is 0.605. The van der Waals surface area contributed by atoms with E-state index in [1.54, 1.807) is 0 Å². The maximum Gasteiger partial charge on any atom is 0.0948 e. The quantitative estimate of drug-likeness (QED) is 0.691. The average Bonchev–Trinajstić information content (AvgIpc) is 2.61. The first-order valence-corrected chi connectivity index (χ1v) is 4.95. The van der Waals surface area contributed by atoms with Gasteiger partial charge in [-0.2, -0.15) is 5.26 Å². The normalized spacial score (nSPS) is 10.0. The van der Waals surface area contributed by atoms with Crippen molar-refractivity contribution in [3.05, 3.63) is 18.2 Å².